The molecule has 0 aliphatic heterocycles. The molecule has 16 heavy (non-hydrogen) atoms. The van der Waals surface area contributed by atoms with Gasteiger partial charge in [-0.15, -0.1) is 0 Å². The molecule has 0 heterocycles. The van der Waals surface area contributed by atoms with Gasteiger partial charge in [-0.2, -0.15) is 0 Å². The van der Waals surface area contributed by atoms with E-state index >= 15 is 0 Å². The molecule has 0 fully saturated rings. The van der Waals surface area contributed by atoms with Crippen LogP contribution in [0.1, 0.15) is 0 Å². The normalized spacial score (nSPS) is 10.1. The second kappa shape index (κ2) is 4.69. The molecule has 0 radical (unpaired) electrons. The highest BCUT2D eigenvalue weighted by molar-refractivity contribution is 14.1. The second-order valence-electron chi connectivity index (χ2n) is 3.28. The monoisotopic (exact) mass is 329 g/mol. The first-order valence-electron chi connectivity index (χ1n) is 4.63. The molecule has 0 amide bonds. The molecule has 0 aliphatic carbocycles. The zero-order valence-corrected chi connectivity index (χ0v) is 10.4. The minimum atomic E-state index is -0.402. The SMILES string of the molecule is Nc1cc(F)cc(Oc2cccc(I)c2)c1. The molecule has 0 bridgehead atoms. The van der Waals surface area contributed by atoms with E-state index in [4.69, 9.17) is 10.5 Å². The molecule has 0 aromatic heterocycles. The molecule has 2 aromatic carbocycles. The molecule has 0 saturated carbocycles. The van der Waals surface area contributed by atoms with Gasteiger partial charge in [0.05, 0.1) is 0 Å². The van der Waals surface area contributed by atoms with Gasteiger partial charge in [0.25, 0.3) is 0 Å². The molecule has 2 aromatic rings. The third kappa shape index (κ3) is 2.85. The van der Waals surface area contributed by atoms with Gasteiger partial charge < -0.3 is 10.5 Å². The van der Waals surface area contributed by atoms with Crippen molar-refractivity contribution in [2.75, 3.05) is 5.73 Å². The molecule has 4 heteroatoms. The third-order valence-electron chi connectivity index (χ3n) is 1.93. The first kappa shape index (κ1) is 11.2. The molecule has 82 valence electrons. The van der Waals surface area contributed by atoms with Crippen LogP contribution < -0.4 is 10.5 Å². The zero-order chi connectivity index (χ0) is 11.5. The first-order chi connectivity index (χ1) is 7.63. The highest BCUT2D eigenvalue weighted by Crippen LogP contribution is 2.25. The summed E-state index contributed by atoms with van der Waals surface area (Å²) in [6.07, 6.45) is 0. The van der Waals surface area contributed by atoms with Gasteiger partial charge in [-0.3, -0.25) is 0 Å². The zero-order valence-electron chi connectivity index (χ0n) is 8.28. The van der Waals surface area contributed by atoms with Gasteiger partial charge in [-0.25, -0.2) is 4.39 Å². The largest absolute Gasteiger partial charge is 0.457 e. The molecule has 2 N–H and O–H groups in total. The van der Waals surface area contributed by atoms with Crippen molar-refractivity contribution in [3.05, 3.63) is 51.9 Å². The number of benzene rings is 2. The average molecular weight is 329 g/mol. The van der Waals surface area contributed by atoms with E-state index in [0.29, 0.717) is 17.2 Å². The Morgan fingerprint density at radius 1 is 1.06 bits per heavy atom. The summed E-state index contributed by atoms with van der Waals surface area (Å²) in [7, 11) is 0. The fraction of sp³-hybridized carbons (Fsp3) is 0. The summed E-state index contributed by atoms with van der Waals surface area (Å²) in [6.45, 7) is 0. The predicted molar refractivity (Wildman–Crippen MR) is 70.0 cm³/mol. The predicted octanol–water partition coefficient (Wildman–Crippen LogP) is 3.80. The van der Waals surface area contributed by atoms with E-state index < -0.39 is 5.82 Å². The number of hydrogen-bond donors (Lipinski definition) is 1. The quantitative estimate of drug-likeness (QED) is 0.672. The van der Waals surface area contributed by atoms with Crippen LogP contribution in [-0.2, 0) is 0 Å². The van der Waals surface area contributed by atoms with Crippen molar-refractivity contribution in [2.24, 2.45) is 0 Å². The topological polar surface area (TPSA) is 35.2 Å². The maximum Gasteiger partial charge on any atom is 0.132 e. The van der Waals surface area contributed by atoms with Crippen LogP contribution >= 0.6 is 22.6 Å². The summed E-state index contributed by atoms with van der Waals surface area (Å²) in [5.41, 5.74) is 5.87. The molecular formula is C12H9FINO. The van der Waals surface area contributed by atoms with Crippen molar-refractivity contribution in [2.45, 2.75) is 0 Å². The Kier molecular flexibility index (Phi) is 3.28. The van der Waals surface area contributed by atoms with Crippen molar-refractivity contribution in [1.29, 1.82) is 0 Å². The number of nitrogens with two attached hydrogens (primary N) is 1. The minimum absolute atomic E-state index is 0.348. The van der Waals surface area contributed by atoms with Gasteiger partial charge in [0.2, 0.25) is 0 Å². The molecule has 0 aliphatic rings. The number of halogens is 2. The van der Waals surface area contributed by atoms with Gasteiger partial charge in [0, 0.05) is 21.4 Å². The highest BCUT2D eigenvalue weighted by Gasteiger charge is 2.01. The Balaban J connectivity index is 2.27. The Labute approximate surface area is 106 Å². The summed E-state index contributed by atoms with van der Waals surface area (Å²) < 4.78 is 19.6. The van der Waals surface area contributed by atoms with Crippen LogP contribution in [0, 0.1) is 9.39 Å². The summed E-state index contributed by atoms with van der Waals surface area (Å²) in [5.74, 6) is 0.664. The van der Waals surface area contributed by atoms with Crippen LogP contribution in [-0.4, -0.2) is 0 Å². The number of nitrogen functional groups attached to an aromatic ring is 1. The van der Waals surface area contributed by atoms with E-state index in [1.165, 1.54) is 12.1 Å². The maximum atomic E-state index is 13.0. The molecule has 0 saturated heterocycles. The Morgan fingerprint density at radius 3 is 2.56 bits per heavy atom. The molecular weight excluding hydrogens is 320 g/mol. The van der Waals surface area contributed by atoms with E-state index in [9.17, 15) is 4.39 Å². The lowest BCUT2D eigenvalue weighted by atomic mass is 10.3. The number of ether oxygens (including phenoxy) is 1. The van der Waals surface area contributed by atoms with E-state index in [2.05, 4.69) is 22.6 Å². The van der Waals surface area contributed by atoms with Crippen molar-refractivity contribution >= 4 is 28.3 Å². The third-order valence-corrected chi connectivity index (χ3v) is 2.60. The Bertz CT molecular complexity index is 496. The Hall–Kier alpha value is -1.30. The Morgan fingerprint density at radius 2 is 1.88 bits per heavy atom. The summed E-state index contributed by atoms with van der Waals surface area (Å²) in [6, 6.07) is 11.6. The van der Waals surface area contributed by atoms with Gasteiger partial charge in [0.15, 0.2) is 0 Å². The first-order valence-corrected chi connectivity index (χ1v) is 5.71. The molecule has 0 spiro atoms. The fourth-order valence-electron chi connectivity index (χ4n) is 1.31. The van der Waals surface area contributed by atoms with Crippen LogP contribution in [0.5, 0.6) is 11.5 Å². The van der Waals surface area contributed by atoms with Crippen molar-refractivity contribution in [1.82, 2.24) is 0 Å². The lowest BCUT2D eigenvalue weighted by Gasteiger charge is -2.06. The highest BCUT2D eigenvalue weighted by atomic mass is 127. The maximum absolute atomic E-state index is 13.0. The molecule has 2 rings (SSSR count). The minimum Gasteiger partial charge on any atom is -0.457 e. The van der Waals surface area contributed by atoms with Gasteiger partial charge in [-0.1, -0.05) is 6.07 Å². The molecule has 2 nitrogen and oxygen atoms in total. The fourth-order valence-corrected chi connectivity index (χ4v) is 1.82. The van der Waals surface area contributed by atoms with E-state index in [1.54, 1.807) is 6.07 Å². The number of anilines is 1. The smallest absolute Gasteiger partial charge is 0.132 e. The van der Waals surface area contributed by atoms with Crippen molar-refractivity contribution < 1.29 is 9.13 Å². The average Bonchev–Trinajstić information content (AvgIpc) is 2.15. The van der Waals surface area contributed by atoms with E-state index in [-0.39, 0.29) is 0 Å². The van der Waals surface area contributed by atoms with Crippen molar-refractivity contribution in [3.63, 3.8) is 0 Å². The standard InChI is InChI=1S/C12H9FINO/c13-8-4-10(15)7-12(5-8)16-11-3-1-2-9(14)6-11/h1-7H,15H2. The summed E-state index contributed by atoms with van der Waals surface area (Å²) in [5, 5.41) is 0. The van der Waals surface area contributed by atoms with Crippen LogP contribution in [0.15, 0.2) is 42.5 Å². The van der Waals surface area contributed by atoms with Crippen LogP contribution in [0.3, 0.4) is 0 Å². The van der Waals surface area contributed by atoms with Gasteiger partial charge in [-0.05, 0) is 46.9 Å². The van der Waals surface area contributed by atoms with Crippen LogP contribution in [0.4, 0.5) is 10.1 Å². The van der Waals surface area contributed by atoms with Gasteiger partial charge >= 0.3 is 0 Å². The lowest BCUT2D eigenvalue weighted by molar-refractivity contribution is 0.477. The number of rotatable bonds is 2. The summed E-state index contributed by atoms with van der Waals surface area (Å²) >= 11 is 2.18. The second-order valence-corrected chi connectivity index (χ2v) is 4.53. The van der Waals surface area contributed by atoms with Gasteiger partial charge in [0.1, 0.15) is 17.3 Å². The van der Waals surface area contributed by atoms with E-state index in [0.717, 1.165) is 3.57 Å². The molecule has 0 unspecified atom stereocenters. The lowest BCUT2D eigenvalue weighted by Crippen LogP contribution is -1.90. The number of hydrogen-bond acceptors (Lipinski definition) is 2. The van der Waals surface area contributed by atoms with Crippen molar-refractivity contribution in [3.8, 4) is 11.5 Å². The van der Waals surface area contributed by atoms with Crippen LogP contribution in [0.2, 0.25) is 0 Å². The summed E-state index contributed by atoms with van der Waals surface area (Å²) in [4.78, 5) is 0. The van der Waals surface area contributed by atoms with Crippen LogP contribution in [0.25, 0.3) is 0 Å². The van der Waals surface area contributed by atoms with E-state index in [1.807, 2.05) is 24.3 Å². The molecule has 0 atom stereocenters.